The van der Waals surface area contributed by atoms with Crippen molar-refractivity contribution in [2.45, 2.75) is 12.8 Å². The van der Waals surface area contributed by atoms with Crippen LogP contribution in [0.2, 0.25) is 5.02 Å². The molecular weight excluding hydrogens is 453 g/mol. The molecule has 4 rings (SSSR count). The summed E-state index contributed by atoms with van der Waals surface area (Å²) >= 11 is 6.05. The smallest absolute Gasteiger partial charge is 0.258 e. The standard InChI is InChI=1S/C27H27ClFN3O2/c28-22-5-11-25(12-6-22)32(27(34)21-3-9-24(30)10-4-21)18-17-31-15-13-20(14-16-31)26(33)19-1-7-23(29)8-2-19/h1-12,20H,13-18,30H2. The molecule has 7 heteroatoms. The minimum atomic E-state index is -0.342. The molecule has 2 N–H and O–H groups in total. The summed E-state index contributed by atoms with van der Waals surface area (Å²) in [4.78, 5) is 30.1. The number of nitrogens with zero attached hydrogens (tertiary/aromatic N) is 2. The van der Waals surface area contributed by atoms with Crippen molar-refractivity contribution in [2.75, 3.05) is 36.8 Å². The highest BCUT2D eigenvalue weighted by molar-refractivity contribution is 6.30. The molecule has 1 heterocycles. The zero-order valence-corrected chi connectivity index (χ0v) is 19.5. The summed E-state index contributed by atoms with van der Waals surface area (Å²) < 4.78 is 13.2. The lowest BCUT2D eigenvalue weighted by Crippen LogP contribution is -2.42. The van der Waals surface area contributed by atoms with Crippen molar-refractivity contribution in [1.29, 1.82) is 0 Å². The Morgan fingerprint density at radius 1 is 0.912 bits per heavy atom. The molecule has 1 aliphatic rings. The summed E-state index contributed by atoms with van der Waals surface area (Å²) in [6.45, 7) is 2.71. The summed E-state index contributed by atoms with van der Waals surface area (Å²) in [7, 11) is 0. The number of benzene rings is 3. The number of halogens is 2. The van der Waals surface area contributed by atoms with Crippen molar-refractivity contribution < 1.29 is 14.0 Å². The van der Waals surface area contributed by atoms with Gasteiger partial charge in [0.2, 0.25) is 0 Å². The van der Waals surface area contributed by atoms with Gasteiger partial charge in [-0.2, -0.15) is 0 Å². The maximum absolute atomic E-state index is 13.3. The number of amides is 1. The van der Waals surface area contributed by atoms with E-state index in [4.69, 9.17) is 17.3 Å². The van der Waals surface area contributed by atoms with Gasteiger partial charge in [0.25, 0.3) is 5.91 Å². The first-order chi connectivity index (χ1) is 16.4. The molecule has 0 aromatic heterocycles. The molecule has 176 valence electrons. The summed E-state index contributed by atoms with van der Waals surface area (Å²) in [6.07, 6.45) is 1.48. The molecule has 5 nitrogen and oxygen atoms in total. The number of hydrogen-bond donors (Lipinski definition) is 1. The SMILES string of the molecule is Nc1ccc(C(=O)N(CCN2CCC(C(=O)c3ccc(F)cc3)CC2)c2ccc(Cl)cc2)cc1. The number of carbonyl (C=O) groups is 2. The second-order valence-electron chi connectivity index (χ2n) is 8.54. The summed E-state index contributed by atoms with van der Waals surface area (Å²) in [5.74, 6) is -0.444. The third-order valence-electron chi connectivity index (χ3n) is 6.27. The highest BCUT2D eigenvalue weighted by atomic mass is 35.5. The molecule has 3 aromatic carbocycles. The van der Waals surface area contributed by atoms with E-state index >= 15 is 0 Å². The van der Waals surface area contributed by atoms with Crippen LogP contribution in [0, 0.1) is 11.7 Å². The Balaban J connectivity index is 1.39. The van der Waals surface area contributed by atoms with E-state index in [1.54, 1.807) is 53.4 Å². The number of likely N-dealkylation sites (tertiary alicyclic amines) is 1. The number of piperidine rings is 1. The molecule has 1 saturated heterocycles. The van der Waals surface area contributed by atoms with Gasteiger partial charge in [-0.3, -0.25) is 9.59 Å². The maximum Gasteiger partial charge on any atom is 0.258 e. The first-order valence-corrected chi connectivity index (χ1v) is 11.7. The molecule has 1 amide bonds. The Hall–Kier alpha value is -3.22. The Morgan fingerprint density at radius 2 is 1.50 bits per heavy atom. The van der Waals surface area contributed by atoms with E-state index in [2.05, 4.69) is 4.90 Å². The summed E-state index contributed by atoms with van der Waals surface area (Å²) in [5, 5.41) is 0.608. The van der Waals surface area contributed by atoms with Crippen LogP contribution < -0.4 is 10.6 Å². The van der Waals surface area contributed by atoms with Crippen molar-refractivity contribution in [3.63, 3.8) is 0 Å². The average molecular weight is 480 g/mol. The van der Waals surface area contributed by atoms with Crippen molar-refractivity contribution in [3.8, 4) is 0 Å². The van der Waals surface area contributed by atoms with Gasteiger partial charge in [0.1, 0.15) is 5.82 Å². The number of Topliss-reactive ketones (excluding diaryl/α,β-unsaturated/α-hetero) is 1. The van der Waals surface area contributed by atoms with Gasteiger partial charge in [-0.1, -0.05) is 11.6 Å². The molecule has 1 aliphatic heterocycles. The van der Waals surface area contributed by atoms with E-state index in [1.165, 1.54) is 12.1 Å². The van der Waals surface area contributed by atoms with Gasteiger partial charge >= 0.3 is 0 Å². The number of nitrogen functional groups attached to an aromatic ring is 1. The van der Waals surface area contributed by atoms with Crippen molar-refractivity contribution in [2.24, 2.45) is 5.92 Å². The lowest BCUT2D eigenvalue weighted by atomic mass is 9.89. The quantitative estimate of drug-likeness (QED) is 0.368. The predicted octanol–water partition coefficient (Wildman–Crippen LogP) is 5.30. The molecule has 0 radical (unpaired) electrons. The fraction of sp³-hybridized carbons (Fsp3) is 0.259. The molecule has 0 saturated carbocycles. The minimum Gasteiger partial charge on any atom is -0.399 e. The molecule has 0 aliphatic carbocycles. The Bertz CT molecular complexity index is 1130. The van der Waals surface area contributed by atoms with E-state index in [0.717, 1.165) is 31.6 Å². The van der Waals surface area contributed by atoms with Crippen LogP contribution in [-0.4, -0.2) is 42.8 Å². The highest BCUT2D eigenvalue weighted by Crippen LogP contribution is 2.24. The molecule has 0 unspecified atom stereocenters. The molecule has 0 atom stereocenters. The zero-order chi connectivity index (χ0) is 24.1. The third kappa shape index (κ3) is 5.82. The lowest BCUT2D eigenvalue weighted by molar-refractivity contribution is 0.0841. The van der Waals surface area contributed by atoms with Gasteiger partial charge < -0.3 is 15.5 Å². The molecular formula is C27H27ClFN3O2. The predicted molar refractivity (Wildman–Crippen MR) is 134 cm³/mol. The van der Waals surface area contributed by atoms with Crippen LogP contribution in [0.1, 0.15) is 33.6 Å². The van der Waals surface area contributed by atoms with E-state index < -0.39 is 0 Å². The highest BCUT2D eigenvalue weighted by Gasteiger charge is 2.27. The molecule has 34 heavy (non-hydrogen) atoms. The van der Waals surface area contributed by atoms with E-state index in [0.29, 0.717) is 34.9 Å². The van der Waals surface area contributed by atoms with Crippen LogP contribution >= 0.6 is 11.6 Å². The number of carbonyl (C=O) groups excluding carboxylic acids is 2. The van der Waals surface area contributed by atoms with Gasteiger partial charge in [-0.25, -0.2) is 4.39 Å². The lowest BCUT2D eigenvalue weighted by Gasteiger charge is -2.33. The first kappa shape index (κ1) is 23.9. The average Bonchev–Trinajstić information content (AvgIpc) is 2.86. The fourth-order valence-electron chi connectivity index (χ4n) is 4.26. The van der Waals surface area contributed by atoms with Crippen LogP contribution in [0.3, 0.4) is 0 Å². The van der Waals surface area contributed by atoms with Gasteiger partial charge in [0.15, 0.2) is 5.78 Å². The van der Waals surface area contributed by atoms with Crippen LogP contribution in [0.15, 0.2) is 72.8 Å². The fourth-order valence-corrected chi connectivity index (χ4v) is 4.39. The second-order valence-corrected chi connectivity index (χ2v) is 8.98. The maximum atomic E-state index is 13.3. The van der Waals surface area contributed by atoms with Gasteiger partial charge in [0, 0.05) is 46.5 Å². The van der Waals surface area contributed by atoms with E-state index in [-0.39, 0.29) is 23.4 Å². The number of nitrogens with two attached hydrogens (primary N) is 1. The van der Waals surface area contributed by atoms with Crippen molar-refractivity contribution >= 4 is 34.7 Å². The minimum absolute atomic E-state index is 0.0644. The van der Waals surface area contributed by atoms with Crippen LogP contribution in [0.5, 0.6) is 0 Å². The monoisotopic (exact) mass is 479 g/mol. The zero-order valence-electron chi connectivity index (χ0n) is 18.8. The number of rotatable bonds is 7. The van der Waals surface area contributed by atoms with Gasteiger partial charge in [-0.05, 0) is 98.7 Å². The van der Waals surface area contributed by atoms with Crippen LogP contribution in [-0.2, 0) is 0 Å². The Morgan fingerprint density at radius 3 is 2.12 bits per heavy atom. The second kappa shape index (κ2) is 10.8. The Labute approximate surface area is 203 Å². The summed E-state index contributed by atoms with van der Waals surface area (Å²) in [5.41, 5.74) is 8.27. The first-order valence-electron chi connectivity index (χ1n) is 11.4. The summed E-state index contributed by atoms with van der Waals surface area (Å²) in [6, 6.07) is 19.9. The van der Waals surface area contributed by atoms with Gasteiger partial charge in [-0.15, -0.1) is 0 Å². The normalized spacial score (nSPS) is 14.6. The molecule has 0 spiro atoms. The number of ketones is 1. The largest absolute Gasteiger partial charge is 0.399 e. The molecule has 3 aromatic rings. The molecule has 0 bridgehead atoms. The van der Waals surface area contributed by atoms with E-state index in [1.807, 2.05) is 12.1 Å². The topological polar surface area (TPSA) is 66.6 Å². The number of anilines is 2. The van der Waals surface area contributed by atoms with Gasteiger partial charge in [0.05, 0.1) is 0 Å². The van der Waals surface area contributed by atoms with Crippen molar-refractivity contribution in [3.05, 3.63) is 94.8 Å². The number of hydrogen-bond acceptors (Lipinski definition) is 4. The van der Waals surface area contributed by atoms with Crippen LogP contribution in [0.4, 0.5) is 15.8 Å². The van der Waals surface area contributed by atoms with Crippen LogP contribution in [0.25, 0.3) is 0 Å². The third-order valence-corrected chi connectivity index (χ3v) is 6.52. The molecule has 1 fully saturated rings. The Kier molecular flexibility index (Phi) is 7.60. The van der Waals surface area contributed by atoms with Crippen molar-refractivity contribution in [1.82, 2.24) is 4.90 Å². The van der Waals surface area contributed by atoms with E-state index in [9.17, 15) is 14.0 Å².